The van der Waals surface area contributed by atoms with Gasteiger partial charge in [-0.15, -0.1) is 0 Å². The summed E-state index contributed by atoms with van der Waals surface area (Å²) in [5, 5.41) is 9.05. The highest BCUT2D eigenvalue weighted by Gasteiger charge is 2.20. The summed E-state index contributed by atoms with van der Waals surface area (Å²) < 4.78 is 27.2. The second-order valence-electron chi connectivity index (χ2n) is 5.18. The van der Waals surface area contributed by atoms with E-state index in [0.717, 1.165) is 25.7 Å². The highest BCUT2D eigenvalue weighted by molar-refractivity contribution is 7.89. The Morgan fingerprint density at radius 1 is 1.19 bits per heavy atom. The van der Waals surface area contributed by atoms with Crippen molar-refractivity contribution in [1.82, 2.24) is 4.72 Å². The Kier molecular flexibility index (Phi) is 6.36. The molecular weight excluding hydrogens is 290 g/mol. The molecular formula is C15H23NO4S. The summed E-state index contributed by atoms with van der Waals surface area (Å²) in [5.41, 5.74) is 1.23. The van der Waals surface area contributed by atoms with Gasteiger partial charge in [-0.05, 0) is 43.5 Å². The topological polar surface area (TPSA) is 83.5 Å². The average molecular weight is 313 g/mol. The summed E-state index contributed by atoms with van der Waals surface area (Å²) in [6.45, 7) is 5.86. The Bertz CT molecular complexity index is 608. The van der Waals surface area contributed by atoms with E-state index in [4.69, 9.17) is 5.11 Å². The molecule has 1 aromatic rings. The fraction of sp³-hybridized carbons (Fsp3) is 0.533. The van der Waals surface area contributed by atoms with Crippen LogP contribution in [0.2, 0.25) is 0 Å². The molecule has 5 nitrogen and oxygen atoms in total. The lowest BCUT2D eigenvalue weighted by molar-refractivity contribution is 0.0696. The van der Waals surface area contributed by atoms with E-state index in [1.807, 2.05) is 0 Å². The van der Waals surface area contributed by atoms with Crippen LogP contribution in [0.1, 0.15) is 54.1 Å². The Morgan fingerprint density at radius 2 is 1.86 bits per heavy atom. The van der Waals surface area contributed by atoms with Crippen LogP contribution < -0.4 is 4.72 Å². The van der Waals surface area contributed by atoms with Crippen molar-refractivity contribution in [2.75, 3.05) is 6.54 Å². The van der Waals surface area contributed by atoms with Crippen LogP contribution in [0.3, 0.4) is 0 Å². The first kappa shape index (κ1) is 17.7. The largest absolute Gasteiger partial charge is 0.478 e. The van der Waals surface area contributed by atoms with Crippen molar-refractivity contribution in [3.63, 3.8) is 0 Å². The third kappa shape index (κ3) is 4.82. The first-order chi connectivity index (χ1) is 9.79. The fourth-order valence-corrected chi connectivity index (χ4v) is 3.48. The number of hydrogen-bond donors (Lipinski definition) is 2. The molecule has 0 saturated heterocycles. The summed E-state index contributed by atoms with van der Waals surface area (Å²) in [5.74, 6) is -1.13. The van der Waals surface area contributed by atoms with E-state index < -0.39 is 16.0 Å². The minimum absolute atomic E-state index is 0.00976. The molecule has 0 unspecified atom stereocenters. The molecule has 6 heteroatoms. The zero-order valence-electron chi connectivity index (χ0n) is 12.8. The zero-order chi connectivity index (χ0) is 16.0. The van der Waals surface area contributed by atoms with Gasteiger partial charge in [0.25, 0.3) is 0 Å². The van der Waals surface area contributed by atoms with E-state index in [2.05, 4.69) is 11.6 Å². The van der Waals surface area contributed by atoms with Gasteiger partial charge >= 0.3 is 5.97 Å². The lowest BCUT2D eigenvalue weighted by atomic mass is 10.1. The van der Waals surface area contributed by atoms with Gasteiger partial charge in [0.15, 0.2) is 0 Å². The molecule has 21 heavy (non-hydrogen) atoms. The molecule has 0 atom stereocenters. The molecule has 0 fully saturated rings. The maximum Gasteiger partial charge on any atom is 0.335 e. The van der Waals surface area contributed by atoms with Gasteiger partial charge in [0.2, 0.25) is 10.0 Å². The molecule has 0 aromatic heterocycles. The minimum Gasteiger partial charge on any atom is -0.478 e. The standard InChI is InChI=1S/C15H23NO4S/c1-4-5-6-7-8-16-21(19,20)14-10-13(15(17)18)9-11(2)12(14)3/h9-10,16H,4-8H2,1-3H3,(H,17,18). The van der Waals surface area contributed by atoms with Gasteiger partial charge in [0.05, 0.1) is 10.5 Å². The summed E-state index contributed by atoms with van der Waals surface area (Å²) in [4.78, 5) is 11.1. The molecule has 0 amide bonds. The molecule has 0 spiro atoms. The molecule has 0 saturated carbocycles. The van der Waals surface area contributed by atoms with Crippen LogP contribution in [0, 0.1) is 13.8 Å². The summed E-state index contributed by atoms with van der Waals surface area (Å²) in [7, 11) is -3.67. The fourth-order valence-electron chi connectivity index (χ4n) is 2.07. The highest BCUT2D eigenvalue weighted by atomic mass is 32.2. The highest BCUT2D eigenvalue weighted by Crippen LogP contribution is 2.21. The number of nitrogens with one attached hydrogen (secondary N) is 1. The average Bonchev–Trinajstić information content (AvgIpc) is 2.40. The summed E-state index contributed by atoms with van der Waals surface area (Å²) in [6, 6.07) is 2.71. The van der Waals surface area contributed by atoms with Gasteiger partial charge < -0.3 is 5.11 Å². The molecule has 1 aromatic carbocycles. The van der Waals surface area contributed by atoms with E-state index in [-0.39, 0.29) is 10.5 Å². The van der Waals surface area contributed by atoms with Gasteiger partial charge in [0, 0.05) is 6.54 Å². The zero-order valence-corrected chi connectivity index (χ0v) is 13.6. The molecule has 2 N–H and O–H groups in total. The van der Waals surface area contributed by atoms with Crippen molar-refractivity contribution >= 4 is 16.0 Å². The predicted octanol–water partition coefficient (Wildman–Crippen LogP) is 2.86. The van der Waals surface area contributed by atoms with E-state index in [1.54, 1.807) is 13.8 Å². The number of aryl methyl sites for hydroxylation is 1. The van der Waals surface area contributed by atoms with Crippen LogP contribution in [0.15, 0.2) is 17.0 Å². The van der Waals surface area contributed by atoms with Gasteiger partial charge in [-0.2, -0.15) is 0 Å². The number of carboxylic acids is 1. The van der Waals surface area contributed by atoms with E-state index in [9.17, 15) is 13.2 Å². The number of sulfonamides is 1. The number of aromatic carboxylic acids is 1. The maximum atomic E-state index is 12.3. The monoisotopic (exact) mass is 313 g/mol. The second kappa shape index (κ2) is 7.56. The maximum absolute atomic E-state index is 12.3. The Labute approximate surface area is 126 Å². The number of hydrogen-bond acceptors (Lipinski definition) is 3. The molecule has 0 bridgehead atoms. The molecule has 0 aliphatic carbocycles. The van der Waals surface area contributed by atoms with E-state index in [1.165, 1.54) is 12.1 Å². The number of rotatable bonds is 8. The van der Waals surface area contributed by atoms with Crippen LogP contribution in [0.25, 0.3) is 0 Å². The smallest absolute Gasteiger partial charge is 0.335 e. The molecule has 0 aliphatic rings. The molecule has 0 radical (unpaired) electrons. The van der Waals surface area contributed by atoms with Crippen molar-refractivity contribution in [3.05, 3.63) is 28.8 Å². The predicted molar refractivity (Wildman–Crippen MR) is 82.2 cm³/mol. The molecule has 0 heterocycles. The number of benzene rings is 1. The van der Waals surface area contributed by atoms with E-state index in [0.29, 0.717) is 17.7 Å². The quantitative estimate of drug-likeness (QED) is 0.723. The summed E-state index contributed by atoms with van der Waals surface area (Å²) >= 11 is 0. The third-order valence-electron chi connectivity index (χ3n) is 3.48. The Morgan fingerprint density at radius 3 is 2.43 bits per heavy atom. The van der Waals surface area contributed by atoms with Crippen LogP contribution in [-0.4, -0.2) is 26.0 Å². The van der Waals surface area contributed by atoms with Gasteiger partial charge in [0.1, 0.15) is 0 Å². The van der Waals surface area contributed by atoms with Crippen molar-refractivity contribution in [1.29, 1.82) is 0 Å². The van der Waals surface area contributed by atoms with Crippen LogP contribution in [0.5, 0.6) is 0 Å². The lowest BCUT2D eigenvalue weighted by Gasteiger charge is -2.12. The molecule has 1 rings (SSSR count). The molecule has 118 valence electrons. The summed E-state index contributed by atoms with van der Waals surface area (Å²) in [6.07, 6.45) is 3.93. The van der Waals surface area contributed by atoms with Gasteiger partial charge in [-0.25, -0.2) is 17.9 Å². The first-order valence-electron chi connectivity index (χ1n) is 7.13. The van der Waals surface area contributed by atoms with Crippen LogP contribution in [0.4, 0.5) is 0 Å². The lowest BCUT2D eigenvalue weighted by Crippen LogP contribution is -2.26. The number of carbonyl (C=O) groups is 1. The Balaban J connectivity index is 2.94. The van der Waals surface area contributed by atoms with Gasteiger partial charge in [-0.3, -0.25) is 0 Å². The van der Waals surface area contributed by atoms with Gasteiger partial charge in [-0.1, -0.05) is 26.2 Å². The van der Waals surface area contributed by atoms with Crippen molar-refractivity contribution in [2.45, 2.75) is 51.3 Å². The first-order valence-corrected chi connectivity index (χ1v) is 8.62. The van der Waals surface area contributed by atoms with Crippen LogP contribution >= 0.6 is 0 Å². The minimum atomic E-state index is -3.67. The molecule has 0 aliphatic heterocycles. The van der Waals surface area contributed by atoms with E-state index >= 15 is 0 Å². The Hall–Kier alpha value is -1.40. The normalized spacial score (nSPS) is 11.6. The van der Waals surface area contributed by atoms with Crippen molar-refractivity contribution in [3.8, 4) is 0 Å². The second-order valence-corrected chi connectivity index (χ2v) is 6.92. The van der Waals surface area contributed by atoms with Crippen molar-refractivity contribution in [2.24, 2.45) is 0 Å². The van der Waals surface area contributed by atoms with Crippen molar-refractivity contribution < 1.29 is 18.3 Å². The number of unbranched alkanes of at least 4 members (excludes halogenated alkanes) is 3. The SMILES string of the molecule is CCCCCCNS(=O)(=O)c1cc(C(=O)O)cc(C)c1C. The van der Waals surface area contributed by atoms with Crippen LogP contribution in [-0.2, 0) is 10.0 Å². The third-order valence-corrected chi connectivity index (χ3v) is 5.07. The number of carboxylic acid groups (broad SMARTS) is 1.